The zero-order chi connectivity index (χ0) is 14.8. The third-order valence-corrected chi connectivity index (χ3v) is 4.12. The molecule has 3 rings (SSSR count). The maximum absolute atomic E-state index is 5.79. The maximum Gasteiger partial charge on any atom is 0.241 e. The van der Waals surface area contributed by atoms with E-state index in [1.165, 1.54) is 12.8 Å². The third kappa shape index (κ3) is 3.12. The van der Waals surface area contributed by atoms with Crippen LogP contribution in [0.25, 0.3) is 5.95 Å². The van der Waals surface area contributed by atoms with Crippen LogP contribution >= 0.6 is 0 Å². The predicted molar refractivity (Wildman–Crippen MR) is 81.0 cm³/mol. The number of aromatic nitrogens is 5. The molecule has 3 atom stereocenters. The van der Waals surface area contributed by atoms with Gasteiger partial charge in [0.05, 0.1) is 0 Å². The fourth-order valence-electron chi connectivity index (χ4n) is 2.98. The number of nitrogens with one attached hydrogen (secondary N) is 1. The highest BCUT2D eigenvalue weighted by atomic mass is 15.3. The second kappa shape index (κ2) is 5.67. The Hall–Kier alpha value is -2.18. The normalized spacial score (nSPS) is 25.7. The third-order valence-electron chi connectivity index (χ3n) is 4.12. The lowest BCUT2D eigenvalue weighted by Crippen LogP contribution is -2.33. The van der Waals surface area contributed by atoms with Crippen molar-refractivity contribution in [1.29, 1.82) is 0 Å². The quantitative estimate of drug-likeness (QED) is 0.895. The standard InChI is InChI=1S/C14H21N7/c1-9-3-4-11(10(2)7-9)17-13-18-12(15)19-14(20-13)21-6-5-16-8-21/h5-6,8-11H,3-4,7H2,1-2H3,(H3,15,17,18,19,20). The van der Waals surface area contributed by atoms with Crippen molar-refractivity contribution in [2.24, 2.45) is 11.8 Å². The molecule has 2 heterocycles. The molecule has 0 radical (unpaired) electrons. The van der Waals surface area contributed by atoms with Crippen LogP contribution in [-0.4, -0.2) is 30.5 Å². The van der Waals surface area contributed by atoms with Gasteiger partial charge in [-0.15, -0.1) is 0 Å². The summed E-state index contributed by atoms with van der Waals surface area (Å²) in [6, 6.07) is 0.388. The van der Waals surface area contributed by atoms with E-state index < -0.39 is 0 Å². The van der Waals surface area contributed by atoms with E-state index in [2.05, 4.69) is 39.1 Å². The van der Waals surface area contributed by atoms with E-state index in [-0.39, 0.29) is 5.95 Å². The zero-order valence-corrected chi connectivity index (χ0v) is 12.4. The maximum atomic E-state index is 5.79. The molecule has 0 spiro atoms. The molecule has 3 unspecified atom stereocenters. The lowest BCUT2D eigenvalue weighted by molar-refractivity contribution is 0.276. The first-order valence-corrected chi connectivity index (χ1v) is 7.38. The molecule has 3 N–H and O–H groups in total. The Labute approximate surface area is 124 Å². The van der Waals surface area contributed by atoms with Gasteiger partial charge >= 0.3 is 0 Å². The number of anilines is 2. The van der Waals surface area contributed by atoms with Crippen molar-refractivity contribution in [3.63, 3.8) is 0 Å². The largest absolute Gasteiger partial charge is 0.368 e. The topological polar surface area (TPSA) is 94.5 Å². The van der Waals surface area contributed by atoms with Gasteiger partial charge in [0.2, 0.25) is 17.8 Å². The summed E-state index contributed by atoms with van der Waals surface area (Å²) in [7, 11) is 0. The van der Waals surface area contributed by atoms with E-state index >= 15 is 0 Å². The highest BCUT2D eigenvalue weighted by Crippen LogP contribution is 2.30. The summed E-state index contributed by atoms with van der Waals surface area (Å²) in [5.74, 6) is 2.64. The minimum Gasteiger partial charge on any atom is -0.368 e. The summed E-state index contributed by atoms with van der Waals surface area (Å²) in [5, 5.41) is 3.42. The van der Waals surface area contributed by atoms with Gasteiger partial charge in [0.25, 0.3) is 0 Å². The second-order valence-electron chi connectivity index (χ2n) is 5.93. The summed E-state index contributed by atoms with van der Waals surface area (Å²) in [6.45, 7) is 4.58. The Kier molecular flexibility index (Phi) is 3.72. The minimum atomic E-state index is 0.216. The Balaban J connectivity index is 1.79. The summed E-state index contributed by atoms with van der Waals surface area (Å²) in [6.07, 6.45) is 8.70. The Morgan fingerprint density at radius 3 is 2.81 bits per heavy atom. The molecule has 2 aromatic rings. The molecule has 0 saturated heterocycles. The molecule has 7 heteroatoms. The summed E-state index contributed by atoms with van der Waals surface area (Å²) >= 11 is 0. The van der Waals surface area contributed by atoms with Crippen LogP contribution in [0.3, 0.4) is 0 Å². The van der Waals surface area contributed by atoms with Crippen LogP contribution in [-0.2, 0) is 0 Å². The van der Waals surface area contributed by atoms with E-state index in [9.17, 15) is 0 Å². The lowest BCUT2D eigenvalue weighted by atomic mass is 9.80. The van der Waals surface area contributed by atoms with E-state index in [0.29, 0.717) is 23.9 Å². The van der Waals surface area contributed by atoms with Crippen molar-refractivity contribution in [3.05, 3.63) is 18.7 Å². The van der Waals surface area contributed by atoms with Crippen molar-refractivity contribution in [1.82, 2.24) is 24.5 Å². The van der Waals surface area contributed by atoms with Crippen LogP contribution in [0, 0.1) is 11.8 Å². The van der Waals surface area contributed by atoms with Gasteiger partial charge in [-0.2, -0.15) is 15.0 Å². The molecule has 1 saturated carbocycles. The SMILES string of the molecule is CC1CCC(Nc2nc(N)nc(-n3ccnc3)n2)C(C)C1. The van der Waals surface area contributed by atoms with Crippen molar-refractivity contribution in [3.8, 4) is 5.95 Å². The molecule has 0 aliphatic heterocycles. The van der Waals surface area contributed by atoms with Gasteiger partial charge < -0.3 is 11.1 Å². The smallest absolute Gasteiger partial charge is 0.241 e. The number of hydrogen-bond donors (Lipinski definition) is 2. The predicted octanol–water partition coefficient (Wildman–Crippen LogP) is 1.88. The molecule has 0 aromatic carbocycles. The molecular weight excluding hydrogens is 266 g/mol. The van der Waals surface area contributed by atoms with Crippen LogP contribution < -0.4 is 11.1 Å². The van der Waals surface area contributed by atoms with Gasteiger partial charge in [-0.25, -0.2) is 4.98 Å². The van der Waals surface area contributed by atoms with E-state index in [1.54, 1.807) is 23.3 Å². The van der Waals surface area contributed by atoms with Gasteiger partial charge in [0.15, 0.2) is 0 Å². The van der Waals surface area contributed by atoms with Gasteiger partial charge in [0, 0.05) is 18.4 Å². The first-order valence-electron chi connectivity index (χ1n) is 7.38. The van der Waals surface area contributed by atoms with Crippen LogP contribution in [0.5, 0.6) is 0 Å². The Bertz CT molecular complexity index is 595. The average Bonchev–Trinajstić information content (AvgIpc) is 2.95. The molecule has 7 nitrogen and oxygen atoms in total. The van der Waals surface area contributed by atoms with E-state index in [4.69, 9.17) is 5.73 Å². The second-order valence-corrected chi connectivity index (χ2v) is 5.93. The number of rotatable bonds is 3. The van der Waals surface area contributed by atoms with Crippen LogP contribution in [0.15, 0.2) is 18.7 Å². The Morgan fingerprint density at radius 2 is 2.10 bits per heavy atom. The molecule has 112 valence electrons. The fraction of sp³-hybridized carbons (Fsp3) is 0.571. The van der Waals surface area contributed by atoms with Gasteiger partial charge in [0.1, 0.15) is 6.33 Å². The summed E-state index contributed by atoms with van der Waals surface area (Å²) in [4.78, 5) is 16.8. The first-order chi connectivity index (χ1) is 10.1. The molecule has 21 heavy (non-hydrogen) atoms. The zero-order valence-electron chi connectivity index (χ0n) is 12.4. The molecule has 1 aliphatic carbocycles. The Morgan fingerprint density at radius 1 is 1.24 bits per heavy atom. The highest BCUT2D eigenvalue weighted by Gasteiger charge is 2.26. The number of imidazole rings is 1. The van der Waals surface area contributed by atoms with Crippen LogP contribution in [0.2, 0.25) is 0 Å². The van der Waals surface area contributed by atoms with Crippen molar-refractivity contribution < 1.29 is 0 Å². The average molecular weight is 287 g/mol. The van der Waals surface area contributed by atoms with Crippen molar-refractivity contribution in [2.45, 2.75) is 39.2 Å². The highest BCUT2D eigenvalue weighted by molar-refractivity contribution is 5.36. The van der Waals surface area contributed by atoms with Crippen LogP contribution in [0.4, 0.5) is 11.9 Å². The molecule has 1 fully saturated rings. The fourth-order valence-corrected chi connectivity index (χ4v) is 2.98. The lowest BCUT2D eigenvalue weighted by Gasteiger charge is -2.33. The van der Waals surface area contributed by atoms with Gasteiger partial charge in [-0.05, 0) is 31.1 Å². The number of nitrogens with zero attached hydrogens (tertiary/aromatic N) is 5. The summed E-state index contributed by atoms with van der Waals surface area (Å²) < 4.78 is 1.72. The minimum absolute atomic E-state index is 0.216. The molecule has 0 bridgehead atoms. The summed E-state index contributed by atoms with van der Waals surface area (Å²) in [5.41, 5.74) is 5.79. The number of nitrogens with two attached hydrogens (primary N) is 1. The van der Waals surface area contributed by atoms with E-state index in [1.807, 2.05) is 0 Å². The molecule has 2 aromatic heterocycles. The van der Waals surface area contributed by atoms with Gasteiger partial charge in [-0.3, -0.25) is 4.57 Å². The molecule has 1 aliphatic rings. The van der Waals surface area contributed by atoms with Crippen LogP contribution in [0.1, 0.15) is 33.1 Å². The number of nitrogen functional groups attached to an aromatic ring is 1. The number of hydrogen-bond acceptors (Lipinski definition) is 6. The van der Waals surface area contributed by atoms with Gasteiger partial charge in [-0.1, -0.05) is 13.8 Å². The molecular formula is C14H21N7. The monoisotopic (exact) mass is 287 g/mol. The first kappa shape index (κ1) is 13.8. The van der Waals surface area contributed by atoms with E-state index in [0.717, 1.165) is 12.3 Å². The molecule has 0 amide bonds. The van der Waals surface area contributed by atoms with Crippen molar-refractivity contribution >= 4 is 11.9 Å². The van der Waals surface area contributed by atoms with Crippen molar-refractivity contribution in [2.75, 3.05) is 11.1 Å².